The number of hydrogen-bond acceptors (Lipinski definition) is 3. The van der Waals surface area contributed by atoms with Gasteiger partial charge in [0.25, 0.3) is 5.91 Å². The average molecular weight is 316 g/mol. The number of aryl methyl sites for hydroxylation is 1. The number of halogens is 1. The molecule has 1 aliphatic rings. The first-order valence-corrected chi connectivity index (χ1v) is 8.15. The minimum atomic E-state index is -0.322. The highest BCUT2D eigenvalue weighted by atomic mass is 19.1. The Kier molecular flexibility index (Phi) is 4.74. The molecule has 0 saturated heterocycles. The zero-order valence-corrected chi connectivity index (χ0v) is 13.3. The summed E-state index contributed by atoms with van der Waals surface area (Å²) in [6.07, 6.45) is 6.13. The van der Waals surface area contributed by atoms with E-state index < -0.39 is 0 Å². The van der Waals surface area contributed by atoms with Gasteiger partial charge in [0.1, 0.15) is 22.8 Å². The van der Waals surface area contributed by atoms with E-state index in [2.05, 4.69) is 10.5 Å². The van der Waals surface area contributed by atoms with E-state index in [9.17, 15) is 9.18 Å². The van der Waals surface area contributed by atoms with Crippen LogP contribution in [-0.2, 0) is 0 Å². The largest absolute Gasteiger partial charge is 0.360 e. The molecule has 0 unspecified atom stereocenters. The summed E-state index contributed by atoms with van der Waals surface area (Å²) >= 11 is 0. The van der Waals surface area contributed by atoms with Gasteiger partial charge in [-0.15, -0.1) is 0 Å². The van der Waals surface area contributed by atoms with Crippen LogP contribution in [0.1, 0.15) is 48.2 Å². The van der Waals surface area contributed by atoms with Crippen LogP contribution < -0.4 is 5.32 Å². The fourth-order valence-corrected chi connectivity index (χ4v) is 3.16. The molecule has 3 rings (SSSR count). The third kappa shape index (κ3) is 3.60. The van der Waals surface area contributed by atoms with Crippen molar-refractivity contribution in [3.63, 3.8) is 0 Å². The first kappa shape index (κ1) is 15.7. The topological polar surface area (TPSA) is 55.1 Å². The maximum atomic E-state index is 13.1. The lowest BCUT2D eigenvalue weighted by Crippen LogP contribution is -2.30. The van der Waals surface area contributed by atoms with Crippen LogP contribution in [0.15, 0.2) is 28.8 Å². The van der Waals surface area contributed by atoms with Gasteiger partial charge in [0, 0.05) is 12.1 Å². The van der Waals surface area contributed by atoms with Crippen LogP contribution in [0.3, 0.4) is 0 Å². The zero-order valence-electron chi connectivity index (χ0n) is 13.3. The average Bonchev–Trinajstić information content (AvgIpc) is 2.96. The molecular weight excluding hydrogens is 295 g/mol. The van der Waals surface area contributed by atoms with Gasteiger partial charge in [0.2, 0.25) is 0 Å². The zero-order chi connectivity index (χ0) is 16.2. The van der Waals surface area contributed by atoms with E-state index in [4.69, 9.17) is 4.52 Å². The molecule has 4 nitrogen and oxygen atoms in total. The molecule has 0 atom stereocenters. The number of aromatic nitrogens is 1. The summed E-state index contributed by atoms with van der Waals surface area (Å²) in [6.45, 7) is 2.40. The molecule has 1 aliphatic carbocycles. The van der Waals surface area contributed by atoms with Crippen molar-refractivity contribution in [3.05, 3.63) is 41.4 Å². The van der Waals surface area contributed by atoms with Gasteiger partial charge in [-0.3, -0.25) is 4.79 Å². The summed E-state index contributed by atoms with van der Waals surface area (Å²) in [5.74, 6) is 0.540. The Morgan fingerprint density at radius 1 is 1.26 bits per heavy atom. The number of rotatable bonds is 4. The lowest BCUT2D eigenvalue weighted by atomic mass is 9.89. The highest BCUT2D eigenvalue weighted by Gasteiger charge is 2.22. The van der Waals surface area contributed by atoms with Gasteiger partial charge in [-0.2, -0.15) is 0 Å². The predicted molar refractivity (Wildman–Crippen MR) is 85.5 cm³/mol. The molecular formula is C18H21FN2O2. The van der Waals surface area contributed by atoms with Crippen molar-refractivity contribution in [2.24, 2.45) is 5.92 Å². The summed E-state index contributed by atoms with van der Waals surface area (Å²) in [5, 5.41) is 6.98. The van der Waals surface area contributed by atoms with Crippen molar-refractivity contribution >= 4 is 5.91 Å². The second-order valence-corrected chi connectivity index (χ2v) is 6.18. The summed E-state index contributed by atoms with van der Waals surface area (Å²) in [7, 11) is 0. The molecule has 1 aromatic heterocycles. The van der Waals surface area contributed by atoms with Gasteiger partial charge in [-0.05, 0) is 49.9 Å². The van der Waals surface area contributed by atoms with E-state index >= 15 is 0 Å². The second kappa shape index (κ2) is 6.94. The van der Waals surface area contributed by atoms with Gasteiger partial charge in [-0.25, -0.2) is 4.39 Å². The number of carbonyl (C=O) groups is 1. The maximum absolute atomic E-state index is 13.1. The fraction of sp³-hybridized carbons (Fsp3) is 0.444. The normalized spacial score (nSPS) is 15.6. The van der Waals surface area contributed by atoms with Gasteiger partial charge in [0.15, 0.2) is 0 Å². The smallest absolute Gasteiger partial charge is 0.257 e. The molecule has 122 valence electrons. The van der Waals surface area contributed by atoms with Crippen LogP contribution >= 0.6 is 0 Å². The van der Waals surface area contributed by atoms with Gasteiger partial charge < -0.3 is 9.84 Å². The Labute approximate surface area is 135 Å². The molecule has 1 amide bonds. The number of nitrogens with zero attached hydrogens (tertiary/aromatic N) is 1. The molecule has 1 heterocycles. The minimum Gasteiger partial charge on any atom is -0.360 e. The van der Waals surface area contributed by atoms with Crippen LogP contribution in [0.25, 0.3) is 11.3 Å². The Balaban J connectivity index is 1.75. The second-order valence-electron chi connectivity index (χ2n) is 6.18. The number of hydrogen-bond donors (Lipinski definition) is 1. The molecule has 5 heteroatoms. The number of amides is 1. The Morgan fingerprint density at radius 2 is 1.96 bits per heavy atom. The molecule has 0 radical (unpaired) electrons. The summed E-state index contributed by atoms with van der Waals surface area (Å²) in [5.41, 5.74) is 1.57. The number of benzene rings is 1. The van der Waals surface area contributed by atoms with Gasteiger partial charge in [0.05, 0.1) is 0 Å². The van der Waals surface area contributed by atoms with E-state index in [-0.39, 0.29) is 11.7 Å². The fourth-order valence-electron chi connectivity index (χ4n) is 3.16. The molecule has 1 saturated carbocycles. The molecule has 1 aromatic carbocycles. The van der Waals surface area contributed by atoms with Crippen molar-refractivity contribution in [2.75, 3.05) is 6.54 Å². The van der Waals surface area contributed by atoms with E-state index in [0.29, 0.717) is 35.0 Å². The summed E-state index contributed by atoms with van der Waals surface area (Å²) in [6, 6.07) is 5.90. The van der Waals surface area contributed by atoms with Crippen molar-refractivity contribution < 1.29 is 13.7 Å². The molecule has 1 N–H and O–H groups in total. The number of nitrogens with one attached hydrogen (secondary N) is 1. The SMILES string of the molecule is Cc1onc(-c2ccc(F)cc2)c1C(=O)NCC1CCCCC1. The van der Waals surface area contributed by atoms with Crippen molar-refractivity contribution in [1.29, 1.82) is 0 Å². The van der Waals surface area contributed by atoms with E-state index in [1.165, 1.54) is 44.2 Å². The quantitative estimate of drug-likeness (QED) is 0.924. The first-order valence-electron chi connectivity index (χ1n) is 8.15. The summed E-state index contributed by atoms with van der Waals surface area (Å²) < 4.78 is 18.3. The first-order chi connectivity index (χ1) is 11.1. The Bertz CT molecular complexity index is 673. The molecule has 2 aromatic rings. The molecule has 0 aliphatic heterocycles. The van der Waals surface area contributed by atoms with Crippen LogP contribution in [0.2, 0.25) is 0 Å². The summed E-state index contributed by atoms with van der Waals surface area (Å²) in [4.78, 5) is 12.5. The van der Waals surface area contributed by atoms with Crippen molar-refractivity contribution in [3.8, 4) is 11.3 Å². The van der Waals surface area contributed by atoms with E-state index in [1.807, 2.05) is 0 Å². The third-order valence-electron chi connectivity index (χ3n) is 4.48. The standard InChI is InChI=1S/C18H21FN2O2/c1-12-16(18(22)20-11-13-5-3-2-4-6-13)17(21-23-12)14-7-9-15(19)10-8-14/h7-10,13H,2-6,11H2,1H3,(H,20,22). The highest BCUT2D eigenvalue weighted by Crippen LogP contribution is 2.26. The molecule has 0 bridgehead atoms. The third-order valence-corrected chi connectivity index (χ3v) is 4.48. The van der Waals surface area contributed by atoms with Crippen molar-refractivity contribution in [1.82, 2.24) is 10.5 Å². The van der Waals surface area contributed by atoms with Crippen molar-refractivity contribution in [2.45, 2.75) is 39.0 Å². The number of carbonyl (C=O) groups excluding carboxylic acids is 1. The van der Waals surface area contributed by atoms with Gasteiger partial charge >= 0.3 is 0 Å². The molecule has 23 heavy (non-hydrogen) atoms. The molecule has 1 fully saturated rings. The minimum absolute atomic E-state index is 0.173. The lowest BCUT2D eigenvalue weighted by Gasteiger charge is -2.21. The van der Waals surface area contributed by atoms with Crippen LogP contribution in [-0.4, -0.2) is 17.6 Å². The van der Waals surface area contributed by atoms with Crippen LogP contribution in [0.4, 0.5) is 4.39 Å². The van der Waals surface area contributed by atoms with E-state index in [1.54, 1.807) is 19.1 Å². The maximum Gasteiger partial charge on any atom is 0.257 e. The monoisotopic (exact) mass is 316 g/mol. The van der Waals surface area contributed by atoms with Crippen LogP contribution in [0, 0.1) is 18.7 Å². The molecule has 0 spiro atoms. The lowest BCUT2D eigenvalue weighted by molar-refractivity contribution is 0.0942. The van der Waals surface area contributed by atoms with Crippen LogP contribution in [0.5, 0.6) is 0 Å². The predicted octanol–water partition coefficient (Wildman–Crippen LogP) is 4.10. The highest BCUT2D eigenvalue weighted by molar-refractivity contribution is 6.00. The van der Waals surface area contributed by atoms with Gasteiger partial charge in [-0.1, -0.05) is 24.4 Å². The Hall–Kier alpha value is -2.17. The van der Waals surface area contributed by atoms with E-state index in [0.717, 1.165) is 0 Å². The Morgan fingerprint density at radius 3 is 2.65 bits per heavy atom.